The van der Waals surface area contributed by atoms with Crippen LogP contribution in [0.1, 0.15) is 0 Å². The first-order chi connectivity index (χ1) is 21.3. The SMILES string of the molecule is O=C(O)/C=C/C(=O)OC(COc1cccc(OCC(CSc2ccccc2)OC(=O)/C=C/C(=O)O)c1)CSc1ccccc1. The Balaban J connectivity index is 1.61. The lowest BCUT2D eigenvalue weighted by Gasteiger charge is -2.19. The van der Waals surface area contributed by atoms with E-state index in [1.807, 2.05) is 60.7 Å². The lowest BCUT2D eigenvalue weighted by molar-refractivity contribution is -0.144. The van der Waals surface area contributed by atoms with Gasteiger partial charge in [0.15, 0.2) is 0 Å². The minimum absolute atomic E-state index is 0.0141. The Labute approximate surface area is 262 Å². The second-order valence-corrected chi connectivity index (χ2v) is 11.0. The lowest BCUT2D eigenvalue weighted by Crippen LogP contribution is -2.27. The third-order valence-corrected chi connectivity index (χ3v) is 7.61. The van der Waals surface area contributed by atoms with Crippen LogP contribution in [0.25, 0.3) is 0 Å². The van der Waals surface area contributed by atoms with Crippen molar-refractivity contribution in [3.63, 3.8) is 0 Å². The molecule has 230 valence electrons. The maximum Gasteiger partial charge on any atom is 0.331 e. The van der Waals surface area contributed by atoms with Gasteiger partial charge in [-0.25, -0.2) is 19.2 Å². The third-order valence-electron chi connectivity index (χ3n) is 5.33. The van der Waals surface area contributed by atoms with Gasteiger partial charge in [0.25, 0.3) is 0 Å². The van der Waals surface area contributed by atoms with Crippen LogP contribution in [0.5, 0.6) is 11.5 Å². The number of rotatable bonds is 18. The van der Waals surface area contributed by atoms with Crippen molar-refractivity contribution in [3.8, 4) is 11.5 Å². The maximum atomic E-state index is 12.2. The number of carbonyl (C=O) groups excluding carboxylic acids is 2. The van der Waals surface area contributed by atoms with E-state index < -0.39 is 36.1 Å². The number of carbonyl (C=O) groups is 4. The second-order valence-electron chi connectivity index (χ2n) is 8.81. The van der Waals surface area contributed by atoms with Gasteiger partial charge in [0.2, 0.25) is 0 Å². The van der Waals surface area contributed by atoms with Crippen LogP contribution >= 0.6 is 23.5 Å². The van der Waals surface area contributed by atoms with E-state index >= 15 is 0 Å². The zero-order valence-corrected chi connectivity index (χ0v) is 25.0. The molecule has 0 radical (unpaired) electrons. The highest BCUT2D eigenvalue weighted by molar-refractivity contribution is 7.99. The van der Waals surface area contributed by atoms with Gasteiger partial charge in [-0.15, -0.1) is 23.5 Å². The van der Waals surface area contributed by atoms with Gasteiger partial charge in [-0.1, -0.05) is 42.5 Å². The van der Waals surface area contributed by atoms with Crippen molar-refractivity contribution >= 4 is 47.4 Å². The van der Waals surface area contributed by atoms with E-state index in [9.17, 15) is 19.2 Å². The van der Waals surface area contributed by atoms with E-state index in [0.29, 0.717) is 35.2 Å². The number of aliphatic carboxylic acids is 2. The number of esters is 2. The normalized spacial score (nSPS) is 12.4. The predicted molar refractivity (Wildman–Crippen MR) is 165 cm³/mol. The van der Waals surface area contributed by atoms with Gasteiger partial charge in [0, 0.05) is 51.7 Å². The molecule has 0 aliphatic rings. The summed E-state index contributed by atoms with van der Waals surface area (Å²) in [7, 11) is 0. The number of thioether (sulfide) groups is 2. The molecule has 0 saturated carbocycles. The average Bonchev–Trinajstić information content (AvgIpc) is 3.02. The molecule has 0 aliphatic carbocycles. The fourth-order valence-electron chi connectivity index (χ4n) is 3.36. The zero-order chi connectivity index (χ0) is 31.6. The van der Waals surface area contributed by atoms with Crippen LogP contribution in [0.3, 0.4) is 0 Å². The summed E-state index contributed by atoms with van der Waals surface area (Å²) in [5, 5.41) is 17.6. The minimum atomic E-state index is -1.27. The number of carboxylic acid groups (broad SMARTS) is 2. The van der Waals surface area contributed by atoms with E-state index in [1.54, 1.807) is 24.3 Å². The first-order valence-electron chi connectivity index (χ1n) is 13.2. The summed E-state index contributed by atoms with van der Waals surface area (Å²) >= 11 is 2.91. The maximum absolute atomic E-state index is 12.2. The average molecular weight is 639 g/mol. The Morgan fingerprint density at radius 2 is 1.00 bits per heavy atom. The summed E-state index contributed by atoms with van der Waals surface area (Å²) in [6, 6.07) is 25.7. The standard InChI is InChI=1S/C32H30O10S2/c33-29(34)14-16-31(37)41-25(21-43-27-10-3-1-4-11-27)19-39-23-8-7-9-24(18-23)40-20-26(42-32(38)17-15-30(35)36)22-44-28-12-5-2-6-13-28/h1-18,25-26H,19-22H2,(H,33,34)(H,35,36)/b16-14+,17-15+. The summed E-state index contributed by atoms with van der Waals surface area (Å²) in [6.45, 7) is -0.0282. The van der Waals surface area contributed by atoms with Crippen molar-refractivity contribution in [1.82, 2.24) is 0 Å². The molecular formula is C32H30O10S2. The van der Waals surface area contributed by atoms with Crippen LogP contribution in [-0.2, 0) is 28.7 Å². The Morgan fingerprint density at radius 3 is 1.39 bits per heavy atom. The molecule has 0 fully saturated rings. The highest BCUT2D eigenvalue weighted by Gasteiger charge is 2.17. The molecule has 0 bridgehead atoms. The largest absolute Gasteiger partial charge is 0.490 e. The number of hydrogen-bond donors (Lipinski definition) is 2. The summed E-state index contributed by atoms with van der Waals surface area (Å²) in [5.74, 6) is -2.59. The molecule has 0 spiro atoms. The summed E-state index contributed by atoms with van der Waals surface area (Å²) in [5.41, 5.74) is 0. The molecule has 0 saturated heterocycles. The fourth-order valence-corrected chi connectivity index (χ4v) is 5.15. The highest BCUT2D eigenvalue weighted by atomic mass is 32.2. The second kappa shape index (κ2) is 18.8. The molecule has 3 aromatic carbocycles. The number of benzene rings is 3. The molecule has 0 aromatic heterocycles. The van der Waals surface area contributed by atoms with Gasteiger partial charge in [-0.05, 0) is 36.4 Å². The van der Waals surface area contributed by atoms with Crippen LogP contribution in [0.15, 0.2) is 119 Å². The van der Waals surface area contributed by atoms with Crippen LogP contribution in [0.4, 0.5) is 0 Å². The van der Waals surface area contributed by atoms with Gasteiger partial charge in [0.1, 0.15) is 36.9 Å². The molecule has 0 heterocycles. The summed E-state index contributed by atoms with van der Waals surface area (Å²) < 4.78 is 22.6. The molecule has 2 atom stereocenters. The van der Waals surface area contributed by atoms with Gasteiger partial charge in [-0.2, -0.15) is 0 Å². The van der Waals surface area contributed by atoms with Gasteiger partial charge < -0.3 is 29.2 Å². The van der Waals surface area contributed by atoms with E-state index in [0.717, 1.165) is 21.9 Å². The molecule has 3 aromatic rings. The van der Waals surface area contributed by atoms with Crippen LogP contribution < -0.4 is 9.47 Å². The summed E-state index contributed by atoms with van der Waals surface area (Å²) in [4.78, 5) is 47.7. The Bertz CT molecular complexity index is 1320. The monoisotopic (exact) mass is 638 g/mol. The van der Waals surface area contributed by atoms with Crippen molar-refractivity contribution in [2.75, 3.05) is 24.7 Å². The number of ether oxygens (including phenoxy) is 4. The van der Waals surface area contributed by atoms with E-state index in [1.165, 1.54) is 23.5 Å². The Kier molecular flexibility index (Phi) is 14.4. The number of carboxylic acids is 2. The highest BCUT2D eigenvalue weighted by Crippen LogP contribution is 2.24. The fraction of sp³-hybridized carbons (Fsp3) is 0.188. The van der Waals surface area contributed by atoms with Gasteiger partial charge in [0.05, 0.1) is 0 Å². The molecule has 0 amide bonds. The smallest absolute Gasteiger partial charge is 0.331 e. The quantitative estimate of drug-likeness (QED) is 0.108. The molecule has 10 nitrogen and oxygen atoms in total. The molecule has 12 heteroatoms. The molecule has 44 heavy (non-hydrogen) atoms. The number of hydrogen-bond acceptors (Lipinski definition) is 10. The van der Waals surface area contributed by atoms with Crippen molar-refractivity contribution < 1.29 is 48.3 Å². The van der Waals surface area contributed by atoms with E-state index in [4.69, 9.17) is 29.2 Å². The Morgan fingerprint density at radius 1 is 0.591 bits per heavy atom. The topological polar surface area (TPSA) is 146 Å². The van der Waals surface area contributed by atoms with Crippen molar-refractivity contribution in [3.05, 3.63) is 109 Å². The first kappa shape index (κ1) is 33.8. The first-order valence-corrected chi connectivity index (χ1v) is 15.2. The molecule has 2 unspecified atom stereocenters. The summed E-state index contributed by atoms with van der Waals surface area (Å²) in [6.07, 6.45) is 1.69. The van der Waals surface area contributed by atoms with Crippen molar-refractivity contribution in [2.45, 2.75) is 22.0 Å². The molecule has 3 rings (SSSR count). The van der Waals surface area contributed by atoms with E-state index in [2.05, 4.69) is 0 Å². The van der Waals surface area contributed by atoms with Crippen molar-refractivity contribution in [2.24, 2.45) is 0 Å². The molecule has 2 N–H and O–H groups in total. The van der Waals surface area contributed by atoms with Crippen LogP contribution in [0.2, 0.25) is 0 Å². The zero-order valence-electron chi connectivity index (χ0n) is 23.4. The van der Waals surface area contributed by atoms with Crippen LogP contribution in [-0.4, -0.2) is 71.0 Å². The Hall–Kier alpha value is -4.68. The van der Waals surface area contributed by atoms with Gasteiger partial charge >= 0.3 is 23.9 Å². The van der Waals surface area contributed by atoms with Crippen molar-refractivity contribution in [1.29, 1.82) is 0 Å². The third kappa shape index (κ3) is 14.0. The molecular weight excluding hydrogens is 608 g/mol. The molecule has 0 aliphatic heterocycles. The minimum Gasteiger partial charge on any atom is -0.490 e. The van der Waals surface area contributed by atoms with E-state index in [-0.39, 0.29) is 13.2 Å². The van der Waals surface area contributed by atoms with Crippen LogP contribution in [0, 0.1) is 0 Å². The lowest BCUT2D eigenvalue weighted by atomic mass is 10.3. The predicted octanol–water partition coefficient (Wildman–Crippen LogP) is 5.13. The van der Waals surface area contributed by atoms with Gasteiger partial charge in [-0.3, -0.25) is 0 Å².